The molecule has 5 heteroatoms. The molecule has 0 bridgehead atoms. The van der Waals surface area contributed by atoms with E-state index in [1.54, 1.807) is 0 Å². The van der Waals surface area contributed by atoms with Crippen LogP contribution in [0.2, 0.25) is 0 Å². The number of hydrogen-bond acceptors (Lipinski definition) is 5. The SMILES string of the molecule is Cc1cc(NCC2CN(C)CCO2)nc(C(C)C)n1. The van der Waals surface area contributed by atoms with Gasteiger partial charge in [0.15, 0.2) is 0 Å². The van der Waals surface area contributed by atoms with E-state index in [9.17, 15) is 0 Å². The van der Waals surface area contributed by atoms with Crippen LogP contribution in [-0.4, -0.2) is 54.3 Å². The van der Waals surface area contributed by atoms with Crippen molar-refractivity contribution in [3.63, 3.8) is 0 Å². The molecule has 1 saturated heterocycles. The van der Waals surface area contributed by atoms with Gasteiger partial charge in [-0.15, -0.1) is 0 Å². The molecule has 1 fully saturated rings. The van der Waals surface area contributed by atoms with Crippen molar-refractivity contribution in [2.45, 2.75) is 32.8 Å². The number of aromatic nitrogens is 2. The van der Waals surface area contributed by atoms with Crippen LogP contribution in [0.3, 0.4) is 0 Å². The molecule has 2 heterocycles. The number of anilines is 1. The first kappa shape index (κ1) is 14.2. The number of morpholine rings is 1. The average molecular weight is 264 g/mol. The number of likely N-dealkylation sites (N-methyl/N-ethyl adjacent to an activating group) is 1. The summed E-state index contributed by atoms with van der Waals surface area (Å²) in [6.45, 7) is 9.80. The fourth-order valence-electron chi connectivity index (χ4n) is 2.15. The van der Waals surface area contributed by atoms with Gasteiger partial charge >= 0.3 is 0 Å². The van der Waals surface area contributed by atoms with Crippen molar-refractivity contribution in [2.24, 2.45) is 0 Å². The smallest absolute Gasteiger partial charge is 0.133 e. The Hall–Kier alpha value is -1.20. The third-order valence-corrected chi connectivity index (χ3v) is 3.24. The zero-order valence-corrected chi connectivity index (χ0v) is 12.3. The van der Waals surface area contributed by atoms with Crippen LogP contribution < -0.4 is 5.32 Å². The zero-order valence-electron chi connectivity index (χ0n) is 12.3. The summed E-state index contributed by atoms with van der Waals surface area (Å²) in [5.41, 5.74) is 1.00. The monoisotopic (exact) mass is 264 g/mol. The van der Waals surface area contributed by atoms with Crippen LogP contribution in [-0.2, 0) is 4.74 Å². The number of aryl methyl sites for hydroxylation is 1. The molecule has 0 saturated carbocycles. The molecule has 1 unspecified atom stereocenters. The Morgan fingerprint density at radius 1 is 1.47 bits per heavy atom. The first-order valence-corrected chi connectivity index (χ1v) is 6.94. The number of ether oxygens (including phenoxy) is 1. The van der Waals surface area contributed by atoms with Gasteiger partial charge < -0.3 is 15.0 Å². The van der Waals surface area contributed by atoms with Crippen LogP contribution in [0.1, 0.15) is 31.3 Å². The second kappa shape index (κ2) is 6.30. The zero-order chi connectivity index (χ0) is 13.8. The van der Waals surface area contributed by atoms with Crippen molar-refractivity contribution < 1.29 is 4.74 Å². The number of nitrogens with one attached hydrogen (secondary N) is 1. The summed E-state index contributed by atoms with van der Waals surface area (Å²) in [6.07, 6.45) is 0.233. The van der Waals surface area contributed by atoms with Crippen LogP contribution in [0.5, 0.6) is 0 Å². The van der Waals surface area contributed by atoms with Gasteiger partial charge in [0.1, 0.15) is 11.6 Å². The summed E-state index contributed by atoms with van der Waals surface area (Å²) in [4.78, 5) is 11.3. The van der Waals surface area contributed by atoms with E-state index in [-0.39, 0.29) is 6.10 Å². The maximum Gasteiger partial charge on any atom is 0.133 e. The van der Waals surface area contributed by atoms with Crippen molar-refractivity contribution in [1.82, 2.24) is 14.9 Å². The van der Waals surface area contributed by atoms with Crippen LogP contribution in [0.4, 0.5) is 5.82 Å². The van der Waals surface area contributed by atoms with Gasteiger partial charge in [-0.05, 0) is 14.0 Å². The van der Waals surface area contributed by atoms with E-state index in [2.05, 4.69) is 41.1 Å². The van der Waals surface area contributed by atoms with Crippen LogP contribution in [0.25, 0.3) is 0 Å². The highest BCUT2D eigenvalue weighted by molar-refractivity contribution is 5.36. The van der Waals surface area contributed by atoms with E-state index >= 15 is 0 Å². The minimum absolute atomic E-state index is 0.233. The van der Waals surface area contributed by atoms with Crippen molar-refractivity contribution in [2.75, 3.05) is 38.6 Å². The summed E-state index contributed by atoms with van der Waals surface area (Å²) in [5.74, 6) is 2.13. The molecule has 1 atom stereocenters. The molecular weight excluding hydrogens is 240 g/mol. The third kappa shape index (κ3) is 4.14. The lowest BCUT2D eigenvalue weighted by atomic mass is 10.2. The topological polar surface area (TPSA) is 50.3 Å². The van der Waals surface area contributed by atoms with Crippen LogP contribution in [0.15, 0.2) is 6.07 Å². The molecule has 1 aromatic rings. The van der Waals surface area contributed by atoms with Gasteiger partial charge in [-0.2, -0.15) is 0 Å². The van der Waals surface area contributed by atoms with Gasteiger partial charge in [0.05, 0.1) is 12.7 Å². The number of nitrogens with zero attached hydrogens (tertiary/aromatic N) is 3. The summed E-state index contributed by atoms with van der Waals surface area (Å²) in [5, 5.41) is 3.37. The normalized spacial score (nSPS) is 20.8. The molecule has 0 amide bonds. The van der Waals surface area contributed by atoms with E-state index in [1.807, 2.05) is 13.0 Å². The Morgan fingerprint density at radius 2 is 2.26 bits per heavy atom. The molecule has 2 rings (SSSR count). The van der Waals surface area contributed by atoms with Crippen LogP contribution in [0, 0.1) is 6.92 Å². The Bertz CT molecular complexity index is 422. The maximum atomic E-state index is 5.73. The van der Waals surface area contributed by atoms with E-state index in [1.165, 1.54) is 0 Å². The molecule has 0 aliphatic carbocycles. The molecule has 1 aliphatic rings. The van der Waals surface area contributed by atoms with Gasteiger partial charge in [-0.1, -0.05) is 13.8 Å². The minimum atomic E-state index is 0.233. The summed E-state index contributed by atoms with van der Waals surface area (Å²) in [7, 11) is 2.13. The first-order valence-electron chi connectivity index (χ1n) is 6.94. The Labute approximate surface area is 115 Å². The van der Waals surface area contributed by atoms with Gasteiger partial charge in [-0.3, -0.25) is 0 Å². The predicted molar refractivity (Wildman–Crippen MR) is 76.6 cm³/mol. The van der Waals surface area contributed by atoms with Crippen molar-refractivity contribution in [3.8, 4) is 0 Å². The third-order valence-electron chi connectivity index (χ3n) is 3.24. The highest BCUT2D eigenvalue weighted by Gasteiger charge is 2.17. The van der Waals surface area contributed by atoms with E-state index in [0.29, 0.717) is 5.92 Å². The van der Waals surface area contributed by atoms with Crippen molar-refractivity contribution >= 4 is 5.82 Å². The lowest BCUT2D eigenvalue weighted by Gasteiger charge is -2.30. The highest BCUT2D eigenvalue weighted by atomic mass is 16.5. The molecule has 1 N–H and O–H groups in total. The summed E-state index contributed by atoms with van der Waals surface area (Å²) < 4.78 is 5.73. The summed E-state index contributed by atoms with van der Waals surface area (Å²) >= 11 is 0. The fourth-order valence-corrected chi connectivity index (χ4v) is 2.15. The van der Waals surface area contributed by atoms with Crippen LogP contribution >= 0.6 is 0 Å². The van der Waals surface area contributed by atoms with Gasteiger partial charge in [-0.25, -0.2) is 9.97 Å². The summed E-state index contributed by atoms with van der Waals surface area (Å²) in [6, 6.07) is 1.98. The van der Waals surface area contributed by atoms with Gasteiger partial charge in [0.25, 0.3) is 0 Å². The fraction of sp³-hybridized carbons (Fsp3) is 0.714. The van der Waals surface area contributed by atoms with Gasteiger partial charge in [0.2, 0.25) is 0 Å². The van der Waals surface area contributed by atoms with Crippen molar-refractivity contribution in [3.05, 3.63) is 17.6 Å². The second-order valence-corrected chi connectivity index (χ2v) is 5.54. The molecule has 0 spiro atoms. The van der Waals surface area contributed by atoms with Gasteiger partial charge in [0, 0.05) is 37.3 Å². The average Bonchev–Trinajstić information content (AvgIpc) is 2.36. The Balaban J connectivity index is 1.95. The largest absolute Gasteiger partial charge is 0.374 e. The molecule has 1 aliphatic heterocycles. The Morgan fingerprint density at radius 3 is 2.95 bits per heavy atom. The predicted octanol–water partition coefficient (Wildman–Crippen LogP) is 1.65. The molecular formula is C14H24N4O. The molecule has 5 nitrogen and oxygen atoms in total. The molecule has 0 radical (unpaired) electrons. The standard InChI is InChI=1S/C14H24N4O/c1-10(2)14-16-11(3)7-13(17-14)15-8-12-9-18(4)5-6-19-12/h7,10,12H,5-6,8-9H2,1-4H3,(H,15,16,17). The van der Waals surface area contributed by atoms with E-state index in [4.69, 9.17) is 4.74 Å². The van der Waals surface area contributed by atoms with Crippen molar-refractivity contribution in [1.29, 1.82) is 0 Å². The van der Waals surface area contributed by atoms with E-state index < -0.39 is 0 Å². The quantitative estimate of drug-likeness (QED) is 0.896. The number of hydrogen-bond donors (Lipinski definition) is 1. The second-order valence-electron chi connectivity index (χ2n) is 5.54. The molecule has 1 aromatic heterocycles. The minimum Gasteiger partial charge on any atom is -0.374 e. The molecule has 106 valence electrons. The maximum absolute atomic E-state index is 5.73. The first-order chi connectivity index (χ1) is 9.04. The Kier molecular flexibility index (Phi) is 4.71. The van der Waals surface area contributed by atoms with E-state index in [0.717, 1.165) is 43.6 Å². The molecule has 0 aromatic carbocycles. The highest BCUT2D eigenvalue weighted by Crippen LogP contribution is 2.14. The lowest BCUT2D eigenvalue weighted by molar-refractivity contribution is -0.0117. The lowest BCUT2D eigenvalue weighted by Crippen LogP contribution is -2.43. The number of rotatable bonds is 4. The molecule has 19 heavy (non-hydrogen) atoms.